The maximum absolute atomic E-state index is 13.3. The minimum atomic E-state index is -1.20. The number of aromatic hydroxyl groups is 1. The first-order valence-electron chi connectivity index (χ1n) is 12.6. The Morgan fingerprint density at radius 2 is 1.46 bits per heavy atom. The number of hydrogen-bond acceptors (Lipinski definition) is 9. The second-order valence-corrected chi connectivity index (χ2v) is 10.1. The highest BCUT2D eigenvalue weighted by Crippen LogP contribution is 2.13. The molecule has 39 heavy (non-hydrogen) atoms. The Labute approximate surface area is 232 Å². The molecule has 4 atom stereocenters. The number of nitrogens with one attached hydrogen (secondary N) is 3. The van der Waals surface area contributed by atoms with E-state index in [-0.39, 0.29) is 37.9 Å². The summed E-state index contributed by atoms with van der Waals surface area (Å²) in [6.45, 7) is 0.374. The molecule has 0 heterocycles. The van der Waals surface area contributed by atoms with E-state index >= 15 is 0 Å². The van der Waals surface area contributed by atoms with E-state index in [0.29, 0.717) is 30.7 Å². The van der Waals surface area contributed by atoms with Gasteiger partial charge in [0.25, 0.3) is 0 Å². The fraction of sp³-hybridized carbons (Fsp3) is 0.560. The second-order valence-electron chi connectivity index (χ2n) is 9.07. The maximum atomic E-state index is 13.3. The highest BCUT2D eigenvalue weighted by atomic mass is 32.2. The number of primary amides is 1. The predicted molar refractivity (Wildman–Crippen MR) is 148 cm³/mol. The van der Waals surface area contributed by atoms with Crippen molar-refractivity contribution in [2.24, 2.45) is 17.2 Å². The molecule has 0 saturated carbocycles. The smallest absolute Gasteiger partial charge is 0.326 e. The second kappa shape index (κ2) is 18.0. The van der Waals surface area contributed by atoms with Crippen LogP contribution in [0.2, 0.25) is 0 Å². The first-order chi connectivity index (χ1) is 18.5. The number of benzene rings is 1. The summed E-state index contributed by atoms with van der Waals surface area (Å²) in [6, 6.07) is 1.51. The van der Waals surface area contributed by atoms with Crippen molar-refractivity contribution >= 4 is 41.4 Å². The van der Waals surface area contributed by atoms with Crippen LogP contribution in [-0.2, 0) is 30.4 Å². The zero-order valence-corrected chi connectivity index (χ0v) is 22.9. The van der Waals surface area contributed by atoms with Gasteiger partial charge in [-0.05, 0) is 68.4 Å². The zero-order valence-electron chi connectivity index (χ0n) is 22.1. The molecule has 4 unspecified atom stereocenters. The highest BCUT2D eigenvalue weighted by molar-refractivity contribution is 7.98. The third-order valence-corrected chi connectivity index (χ3v) is 6.50. The largest absolute Gasteiger partial charge is 0.508 e. The zero-order chi connectivity index (χ0) is 29.4. The standard InChI is InChI=1S/C25H40N6O7S/c1-39-13-11-19(25(37)38)30-24(36)20(14-15-5-7-16(32)8-6-15)31-23(35)18(4-2-3-12-26)29-22(34)17(27)9-10-21(28)33/h5-8,17-20,32H,2-4,9-14,26-27H2,1H3,(H2,28,33)(H,29,34)(H,30,36)(H,31,35)(H,37,38). The van der Waals surface area contributed by atoms with Crippen molar-refractivity contribution in [2.45, 2.75) is 69.1 Å². The lowest BCUT2D eigenvalue weighted by Crippen LogP contribution is -2.57. The number of carboxylic acids is 1. The Bertz CT molecular complexity index is 963. The molecule has 1 aromatic rings. The van der Waals surface area contributed by atoms with Gasteiger partial charge in [-0.2, -0.15) is 11.8 Å². The molecule has 1 rings (SSSR count). The number of phenolic OH excluding ortho intramolecular Hbond substituents is 1. The van der Waals surface area contributed by atoms with Gasteiger partial charge in [0, 0.05) is 12.8 Å². The predicted octanol–water partition coefficient (Wildman–Crippen LogP) is -1.05. The Balaban J connectivity index is 3.12. The Morgan fingerprint density at radius 1 is 0.872 bits per heavy atom. The van der Waals surface area contributed by atoms with Crippen LogP contribution in [0.4, 0.5) is 0 Å². The van der Waals surface area contributed by atoms with Gasteiger partial charge in [0.2, 0.25) is 23.6 Å². The topological polar surface area (TPSA) is 240 Å². The van der Waals surface area contributed by atoms with Crippen LogP contribution in [0.15, 0.2) is 24.3 Å². The van der Waals surface area contributed by atoms with E-state index in [2.05, 4.69) is 16.0 Å². The molecule has 0 aliphatic carbocycles. The van der Waals surface area contributed by atoms with Crippen molar-refractivity contribution in [3.63, 3.8) is 0 Å². The first-order valence-corrected chi connectivity index (χ1v) is 14.0. The van der Waals surface area contributed by atoms with E-state index in [0.717, 1.165) is 0 Å². The average molecular weight is 569 g/mol. The highest BCUT2D eigenvalue weighted by Gasteiger charge is 2.30. The quantitative estimate of drug-likeness (QED) is 0.0941. The molecule has 13 nitrogen and oxygen atoms in total. The maximum Gasteiger partial charge on any atom is 0.326 e. The van der Waals surface area contributed by atoms with Crippen molar-refractivity contribution in [1.29, 1.82) is 0 Å². The van der Waals surface area contributed by atoms with Gasteiger partial charge >= 0.3 is 5.97 Å². The summed E-state index contributed by atoms with van der Waals surface area (Å²) >= 11 is 1.43. The number of amides is 4. The first kappa shape index (κ1) is 33.7. The number of aliphatic carboxylic acids is 1. The molecule has 11 N–H and O–H groups in total. The lowest BCUT2D eigenvalue weighted by molar-refractivity contribution is -0.142. The summed E-state index contributed by atoms with van der Waals surface area (Å²) in [5, 5.41) is 26.8. The number of hydrogen-bond donors (Lipinski definition) is 8. The van der Waals surface area contributed by atoms with Gasteiger partial charge in [-0.3, -0.25) is 19.2 Å². The van der Waals surface area contributed by atoms with Crippen molar-refractivity contribution in [2.75, 3.05) is 18.6 Å². The van der Waals surface area contributed by atoms with Crippen molar-refractivity contribution < 1.29 is 34.2 Å². The minimum Gasteiger partial charge on any atom is -0.508 e. The molecule has 1 aromatic carbocycles. The third-order valence-electron chi connectivity index (χ3n) is 5.85. The number of carbonyl (C=O) groups excluding carboxylic acids is 4. The Kier molecular flexibility index (Phi) is 15.6. The number of thioether (sulfide) groups is 1. The van der Waals surface area contributed by atoms with Crippen LogP contribution >= 0.6 is 11.8 Å². The van der Waals surface area contributed by atoms with Crippen LogP contribution in [0, 0.1) is 0 Å². The molecular formula is C25H40N6O7S. The monoisotopic (exact) mass is 568 g/mol. The molecule has 0 fully saturated rings. The van der Waals surface area contributed by atoms with Crippen LogP contribution in [0.1, 0.15) is 44.1 Å². The number of phenols is 1. The van der Waals surface area contributed by atoms with Crippen LogP contribution in [0.3, 0.4) is 0 Å². The lowest BCUT2D eigenvalue weighted by Gasteiger charge is -2.25. The van der Waals surface area contributed by atoms with Crippen LogP contribution < -0.4 is 33.2 Å². The van der Waals surface area contributed by atoms with Crippen LogP contribution in [0.5, 0.6) is 5.75 Å². The minimum absolute atomic E-state index is 0.00316. The van der Waals surface area contributed by atoms with Crippen molar-refractivity contribution in [1.82, 2.24) is 16.0 Å². The number of carboxylic acid groups (broad SMARTS) is 1. The van der Waals surface area contributed by atoms with E-state index in [1.807, 2.05) is 6.26 Å². The molecule has 0 saturated heterocycles. The molecule has 0 aliphatic heterocycles. The molecule has 4 amide bonds. The summed E-state index contributed by atoms with van der Waals surface area (Å²) in [6.07, 6.45) is 3.17. The normalized spacial score (nSPS) is 13.9. The van der Waals surface area contributed by atoms with Crippen molar-refractivity contribution in [3.05, 3.63) is 29.8 Å². The van der Waals surface area contributed by atoms with Crippen LogP contribution in [0.25, 0.3) is 0 Å². The number of nitrogens with two attached hydrogens (primary N) is 3. The number of unbranched alkanes of at least 4 members (excludes halogenated alkanes) is 1. The van der Waals surface area contributed by atoms with Gasteiger partial charge in [-0.15, -0.1) is 0 Å². The summed E-state index contributed by atoms with van der Waals surface area (Å²) in [5.74, 6) is -3.35. The summed E-state index contributed by atoms with van der Waals surface area (Å²) < 4.78 is 0. The Hall–Kier alpha value is -3.36. The van der Waals surface area contributed by atoms with Gasteiger partial charge in [0.15, 0.2) is 0 Å². The Morgan fingerprint density at radius 3 is 2.03 bits per heavy atom. The van der Waals surface area contributed by atoms with Gasteiger partial charge in [0.05, 0.1) is 6.04 Å². The molecule has 0 radical (unpaired) electrons. The van der Waals surface area contributed by atoms with E-state index in [9.17, 15) is 34.2 Å². The van der Waals surface area contributed by atoms with Crippen LogP contribution in [-0.4, -0.2) is 82.5 Å². The number of rotatable bonds is 19. The van der Waals surface area contributed by atoms with E-state index in [1.165, 1.54) is 23.9 Å². The van der Waals surface area contributed by atoms with E-state index in [1.54, 1.807) is 12.1 Å². The molecule has 0 aliphatic rings. The molecule has 14 heteroatoms. The van der Waals surface area contributed by atoms with Crippen molar-refractivity contribution in [3.8, 4) is 5.75 Å². The average Bonchev–Trinajstić information content (AvgIpc) is 2.89. The molecule has 0 bridgehead atoms. The summed E-state index contributed by atoms with van der Waals surface area (Å²) in [5.41, 5.74) is 17.1. The lowest BCUT2D eigenvalue weighted by atomic mass is 10.0. The van der Waals surface area contributed by atoms with Gasteiger partial charge in [-0.1, -0.05) is 12.1 Å². The SMILES string of the molecule is CSCCC(NC(=O)C(Cc1ccc(O)cc1)NC(=O)C(CCCCN)NC(=O)C(N)CCC(N)=O)C(=O)O. The van der Waals surface area contributed by atoms with E-state index in [4.69, 9.17) is 17.2 Å². The molecule has 0 aromatic heterocycles. The molecule has 0 spiro atoms. The van der Waals surface area contributed by atoms with Gasteiger partial charge in [0.1, 0.15) is 23.9 Å². The molecule has 218 valence electrons. The van der Waals surface area contributed by atoms with Gasteiger partial charge in [-0.25, -0.2) is 4.79 Å². The summed E-state index contributed by atoms with van der Waals surface area (Å²) in [4.78, 5) is 61.8. The van der Waals surface area contributed by atoms with E-state index < -0.39 is 53.8 Å². The fourth-order valence-corrected chi connectivity index (χ4v) is 4.06. The fourth-order valence-electron chi connectivity index (χ4n) is 3.58. The molecular weight excluding hydrogens is 528 g/mol. The summed E-state index contributed by atoms with van der Waals surface area (Å²) in [7, 11) is 0. The third kappa shape index (κ3) is 13.3. The van der Waals surface area contributed by atoms with Gasteiger partial charge < -0.3 is 43.4 Å². The number of carbonyl (C=O) groups is 5.